The van der Waals surface area contributed by atoms with Crippen molar-refractivity contribution in [1.29, 1.82) is 0 Å². The number of aromatic nitrogens is 2. The van der Waals surface area contributed by atoms with Gasteiger partial charge in [0, 0.05) is 12.1 Å². The number of ether oxygens (including phenoxy) is 1. The molecule has 1 atom stereocenters. The molecule has 26 heavy (non-hydrogen) atoms. The van der Waals surface area contributed by atoms with E-state index in [1.807, 2.05) is 31.2 Å². The van der Waals surface area contributed by atoms with E-state index < -0.39 is 11.9 Å². The summed E-state index contributed by atoms with van der Waals surface area (Å²) in [7, 11) is 1.27. The molecule has 3 aromatic rings. The largest absolute Gasteiger partial charge is 0.465 e. The molecule has 136 valence electrons. The Bertz CT molecular complexity index is 955. The number of nitrogens with one attached hydrogen (secondary N) is 1. The zero-order chi connectivity index (χ0) is 18.8. The highest BCUT2D eigenvalue weighted by molar-refractivity contribution is 5.96. The molecular weight excluding hydrogens is 334 g/mol. The number of para-hydroxylation sites is 2. The maximum atomic E-state index is 12.5. The molecule has 2 heterocycles. The van der Waals surface area contributed by atoms with Crippen molar-refractivity contribution >= 4 is 22.9 Å². The number of amides is 1. The lowest BCUT2D eigenvalue weighted by Crippen LogP contribution is -2.28. The minimum atomic E-state index is -0.553. The van der Waals surface area contributed by atoms with Crippen molar-refractivity contribution < 1.29 is 18.7 Å². The number of carbonyl (C=O) groups is 2. The Morgan fingerprint density at radius 1 is 1.23 bits per heavy atom. The molecule has 7 heteroatoms. The van der Waals surface area contributed by atoms with E-state index in [1.54, 1.807) is 0 Å². The smallest absolute Gasteiger partial charge is 0.341 e. The molecule has 0 bridgehead atoms. The van der Waals surface area contributed by atoms with E-state index in [2.05, 4.69) is 33.5 Å². The molecule has 1 amide bonds. The number of furan rings is 1. The Hall–Kier alpha value is -3.09. The third-order valence-corrected chi connectivity index (χ3v) is 4.12. The Labute approximate surface area is 151 Å². The van der Waals surface area contributed by atoms with Crippen LogP contribution < -0.4 is 5.32 Å². The van der Waals surface area contributed by atoms with Gasteiger partial charge in [-0.1, -0.05) is 12.1 Å². The van der Waals surface area contributed by atoms with E-state index in [0.717, 1.165) is 16.9 Å². The van der Waals surface area contributed by atoms with E-state index in [1.165, 1.54) is 19.4 Å². The van der Waals surface area contributed by atoms with Crippen molar-refractivity contribution in [2.45, 2.75) is 32.9 Å². The number of fused-ring (bicyclic) bond motifs is 1. The van der Waals surface area contributed by atoms with Gasteiger partial charge in [0.25, 0.3) is 5.91 Å². The highest BCUT2D eigenvalue weighted by Crippen LogP contribution is 2.25. The van der Waals surface area contributed by atoms with Crippen LogP contribution in [0.3, 0.4) is 0 Å². The van der Waals surface area contributed by atoms with Gasteiger partial charge in [0.15, 0.2) is 5.76 Å². The molecule has 0 spiro atoms. The van der Waals surface area contributed by atoms with Crippen LogP contribution in [0.1, 0.15) is 59.6 Å². The SMILES string of the molecule is COC(=O)c1coc(C(=O)NC(C)c2nc3ccccc3n2C(C)C)c1. The Morgan fingerprint density at radius 3 is 2.65 bits per heavy atom. The normalized spacial score (nSPS) is 12.3. The van der Waals surface area contributed by atoms with Crippen LogP contribution in [0, 0.1) is 0 Å². The third kappa shape index (κ3) is 3.20. The Morgan fingerprint density at radius 2 is 1.96 bits per heavy atom. The quantitative estimate of drug-likeness (QED) is 0.708. The first-order valence-corrected chi connectivity index (χ1v) is 8.37. The second-order valence-corrected chi connectivity index (χ2v) is 6.31. The molecule has 1 N–H and O–H groups in total. The maximum Gasteiger partial charge on any atom is 0.341 e. The van der Waals surface area contributed by atoms with E-state index in [0.29, 0.717) is 0 Å². The molecule has 3 rings (SSSR count). The summed E-state index contributed by atoms with van der Waals surface area (Å²) in [6.45, 7) is 6.00. The molecule has 7 nitrogen and oxygen atoms in total. The summed E-state index contributed by atoms with van der Waals surface area (Å²) >= 11 is 0. The lowest BCUT2D eigenvalue weighted by atomic mass is 10.2. The number of nitrogens with zero attached hydrogens (tertiary/aromatic N) is 2. The number of imidazole rings is 1. The summed E-state index contributed by atoms with van der Waals surface area (Å²) < 4.78 is 11.9. The predicted octanol–water partition coefficient (Wildman–Crippen LogP) is 3.49. The molecule has 1 aromatic carbocycles. The maximum absolute atomic E-state index is 12.5. The number of methoxy groups -OCH3 is 1. The minimum Gasteiger partial charge on any atom is -0.465 e. The lowest BCUT2D eigenvalue weighted by molar-refractivity contribution is 0.0599. The first-order chi connectivity index (χ1) is 12.4. The van der Waals surface area contributed by atoms with Crippen LogP contribution in [0.2, 0.25) is 0 Å². The summed E-state index contributed by atoms with van der Waals surface area (Å²) in [5.74, 6) is -0.170. The van der Waals surface area contributed by atoms with Crippen LogP contribution in [-0.2, 0) is 4.74 Å². The van der Waals surface area contributed by atoms with Gasteiger partial charge < -0.3 is 19.0 Å². The number of carbonyl (C=O) groups excluding carboxylic acids is 2. The molecule has 0 saturated heterocycles. The predicted molar refractivity (Wildman–Crippen MR) is 96.0 cm³/mol. The number of hydrogen-bond donors (Lipinski definition) is 1. The van der Waals surface area contributed by atoms with Crippen LogP contribution in [0.5, 0.6) is 0 Å². The zero-order valence-corrected chi connectivity index (χ0v) is 15.1. The molecular formula is C19H21N3O4. The number of benzene rings is 1. The van der Waals surface area contributed by atoms with E-state index >= 15 is 0 Å². The van der Waals surface area contributed by atoms with Crippen LogP contribution in [-0.4, -0.2) is 28.5 Å². The fraction of sp³-hybridized carbons (Fsp3) is 0.316. The van der Waals surface area contributed by atoms with Crippen molar-refractivity contribution in [3.05, 3.63) is 53.7 Å². The van der Waals surface area contributed by atoms with Crippen molar-refractivity contribution in [3.63, 3.8) is 0 Å². The molecule has 1 unspecified atom stereocenters. The highest BCUT2D eigenvalue weighted by atomic mass is 16.5. The van der Waals surface area contributed by atoms with Gasteiger partial charge in [0.1, 0.15) is 12.1 Å². The van der Waals surface area contributed by atoms with Crippen molar-refractivity contribution in [2.24, 2.45) is 0 Å². The fourth-order valence-corrected chi connectivity index (χ4v) is 2.92. The van der Waals surface area contributed by atoms with Crippen LogP contribution in [0.15, 0.2) is 41.0 Å². The lowest BCUT2D eigenvalue weighted by Gasteiger charge is -2.18. The minimum absolute atomic E-state index is 0.0458. The van der Waals surface area contributed by atoms with E-state index in [4.69, 9.17) is 4.42 Å². The third-order valence-electron chi connectivity index (χ3n) is 4.12. The average Bonchev–Trinajstić information content (AvgIpc) is 3.25. The van der Waals surface area contributed by atoms with Crippen LogP contribution >= 0.6 is 0 Å². The van der Waals surface area contributed by atoms with E-state index in [-0.39, 0.29) is 23.4 Å². The first kappa shape index (κ1) is 17.7. The highest BCUT2D eigenvalue weighted by Gasteiger charge is 2.22. The molecule has 0 aliphatic heterocycles. The van der Waals surface area contributed by atoms with Gasteiger partial charge in [-0.25, -0.2) is 9.78 Å². The van der Waals surface area contributed by atoms with Gasteiger partial charge in [-0.05, 0) is 32.9 Å². The number of hydrogen-bond acceptors (Lipinski definition) is 5. The second kappa shape index (κ2) is 7.03. The van der Waals surface area contributed by atoms with E-state index in [9.17, 15) is 9.59 Å². The van der Waals surface area contributed by atoms with Gasteiger partial charge in [-0.15, -0.1) is 0 Å². The molecule has 0 saturated carbocycles. The monoisotopic (exact) mass is 355 g/mol. The molecule has 0 fully saturated rings. The Balaban J connectivity index is 1.86. The van der Waals surface area contributed by atoms with Crippen LogP contribution in [0.25, 0.3) is 11.0 Å². The summed E-state index contributed by atoms with van der Waals surface area (Å²) in [5, 5.41) is 2.87. The summed E-state index contributed by atoms with van der Waals surface area (Å²) in [4.78, 5) is 28.6. The Kier molecular flexibility index (Phi) is 4.79. The summed E-state index contributed by atoms with van der Waals surface area (Å²) in [5.41, 5.74) is 2.09. The first-order valence-electron chi connectivity index (χ1n) is 8.37. The standard InChI is InChI=1S/C19H21N3O4/c1-11(2)22-15-8-6-5-7-14(15)21-17(22)12(3)20-18(23)16-9-13(10-26-16)19(24)25-4/h5-12H,1-4H3,(H,20,23). The molecule has 2 aromatic heterocycles. The van der Waals surface area contributed by atoms with Gasteiger partial charge in [-0.3, -0.25) is 4.79 Å². The van der Waals surface area contributed by atoms with Gasteiger partial charge in [-0.2, -0.15) is 0 Å². The summed E-state index contributed by atoms with van der Waals surface area (Å²) in [6, 6.07) is 9.06. The second-order valence-electron chi connectivity index (χ2n) is 6.31. The van der Waals surface area contributed by atoms with Gasteiger partial charge >= 0.3 is 5.97 Å². The van der Waals surface area contributed by atoms with Crippen molar-refractivity contribution in [2.75, 3.05) is 7.11 Å². The topological polar surface area (TPSA) is 86.4 Å². The van der Waals surface area contributed by atoms with Crippen LogP contribution in [0.4, 0.5) is 0 Å². The average molecular weight is 355 g/mol. The number of esters is 1. The molecule has 0 aliphatic rings. The molecule has 0 radical (unpaired) electrons. The molecule has 0 aliphatic carbocycles. The summed E-state index contributed by atoms with van der Waals surface area (Å²) in [6.07, 6.45) is 1.20. The number of rotatable bonds is 5. The fourth-order valence-electron chi connectivity index (χ4n) is 2.92. The van der Waals surface area contributed by atoms with Crippen molar-refractivity contribution in [3.8, 4) is 0 Å². The zero-order valence-electron chi connectivity index (χ0n) is 15.1. The van der Waals surface area contributed by atoms with Gasteiger partial charge in [0.05, 0.1) is 29.7 Å². The van der Waals surface area contributed by atoms with Crippen molar-refractivity contribution in [1.82, 2.24) is 14.9 Å². The van der Waals surface area contributed by atoms with Gasteiger partial charge in [0.2, 0.25) is 0 Å².